The number of rotatable bonds is 4. The summed E-state index contributed by atoms with van der Waals surface area (Å²) in [4.78, 5) is 11.8. The Morgan fingerprint density at radius 3 is 2.25 bits per heavy atom. The van der Waals surface area contributed by atoms with Gasteiger partial charge in [0.1, 0.15) is 5.60 Å². The van der Waals surface area contributed by atoms with Gasteiger partial charge in [0.25, 0.3) is 0 Å². The van der Waals surface area contributed by atoms with Crippen molar-refractivity contribution < 1.29 is 9.53 Å². The van der Waals surface area contributed by atoms with Crippen LogP contribution in [0.4, 0.5) is 4.79 Å². The van der Waals surface area contributed by atoms with E-state index in [4.69, 9.17) is 22.7 Å². The number of hydrogen-bond acceptors (Lipinski definition) is 3. The quantitative estimate of drug-likeness (QED) is 0.745. The second-order valence-corrected chi connectivity index (χ2v) is 5.61. The van der Waals surface area contributed by atoms with Crippen molar-refractivity contribution in [1.29, 1.82) is 0 Å². The number of hydrogen-bond donors (Lipinski definition) is 2. The summed E-state index contributed by atoms with van der Waals surface area (Å²) in [6, 6.07) is 0. The molecule has 0 aliphatic heterocycles. The second-order valence-electron chi connectivity index (χ2n) is 5.14. The van der Waals surface area contributed by atoms with E-state index in [9.17, 15) is 4.79 Å². The Hall–Kier alpha value is -0.840. The highest BCUT2D eigenvalue weighted by Crippen LogP contribution is 2.11. The van der Waals surface area contributed by atoms with Gasteiger partial charge in [-0.15, -0.1) is 0 Å². The molecular weight excluding hydrogens is 224 g/mol. The molecule has 0 heterocycles. The Kier molecular flexibility index (Phi) is 5.72. The van der Waals surface area contributed by atoms with E-state index in [0.717, 1.165) is 0 Å². The average Bonchev–Trinajstić information content (AvgIpc) is 1.98. The molecule has 5 heteroatoms. The molecular formula is C11H22N2O2S. The number of thiocarbonyl (C=S) groups is 1. The highest BCUT2D eigenvalue weighted by Gasteiger charge is 2.20. The maximum absolute atomic E-state index is 11.4. The van der Waals surface area contributed by atoms with Crippen molar-refractivity contribution in [2.45, 2.75) is 40.2 Å². The molecule has 1 unspecified atom stereocenters. The molecule has 4 nitrogen and oxygen atoms in total. The normalized spacial score (nSPS) is 13.4. The number of amides is 1. The number of carbonyl (C=O) groups excluding carboxylic acids is 1. The Balaban J connectivity index is 4.12. The molecule has 94 valence electrons. The minimum Gasteiger partial charge on any atom is -0.444 e. The van der Waals surface area contributed by atoms with Crippen molar-refractivity contribution in [3.63, 3.8) is 0 Å². The minimum atomic E-state index is -0.485. The number of alkyl carbamates (subject to hydrolysis) is 1. The topological polar surface area (TPSA) is 64.3 Å². The molecule has 0 spiro atoms. The summed E-state index contributed by atoms with van der Waals surface area (Å²) < 4.78 is 5.11. The van der Waals surface area contributed by atoms with Crippen molar-refractivity contribution >= 4 is 23.3 Å². The van der Waals surface area contributed by atoms with E-state index in [0.29, 0.717) is 17.5 Å². The number of carbonyl (C=O) groups is 1. The van der Waals surface area contributed by atoms with Gasteiger partial charge < -0.3 is 15.8 Å². The summed E-state index contributed by atoms with van der Waals surface area (Å²) >= 11 is 4.94. The van der Waals surface area contributed by atoms with Crippen LogP contribution in [0.25, 0.3) is 0 Å². The highest BCUT2D eigenvalue weighted by atomic mass is 32.1. The molecule has 1 atom stereocenters. The maximum atomic E-state index is 11.4. The van der Waals surface area contributed by atoms with E-state index >= 15 is 0 Å². The Morgan fingerprint density at radius 2 is 1.94 bits per heavy atom. The number of ether oxygens (including phenoxy) is 1. The summed E-state index contributed by atoms with van der Waals surface area (Å²) in [5, 5.41) is 2.67. The second kappa shape index (κ2) is 6.03. The lowest BCUT2D eigenvalue weighted by molar-refractivity contribution is 0.0521. The van der Waals surface area contributed by atoms with Crippen LogP contribution in [-0.2, 0) is 4.74 Å². The Labute approximate surface area is 103 Å². The first kappa shape index (κ1) is 15.2. The van der Waals surface area contributed by atoms with Gasteiger partial charge in [-0.1, -0.05) is 26.1 Å². The van der Waals surface area contributed by atoms with Crippen molar-refractivity contribution in [1.82, 2.24) is 5.32 Å². The third kappa shape index (κ3) is 6.61. The fourth-order valence-electron chi connectivity index (χ4n) is 1.17. The number of nitrogens with one attached hydrogen (secondary N) is 1. The van der Waals surface area contributed by atoms with Crippen molar-refractivity contribution in [3.05, 3.63) is 0 Å². The molecule has 0 radical (unpaired) electrons. The zero-order valence-electron chi connectivity index (χ0n) is 10.7. The zero-order chi connectivity index (χ0) is 12.9. The van der Waals surface area contributed by atoms with Gasteiger partial charge in [0, 0.05) is 12.5 Å². The zero-order valence-corrected chi connectivity index (χ0v) is 11.5. The Bertz CT molecular complexity index is 259. The number of nitrogens with two attached hydrogens (primary N) is 1. The van der Waals surface area contributed by atoms with E-state index in [1.807, 2.05) is 34.6 Å². The van der Waals surface area contributed by atoms with Crippen LogP contribution in [0.3, 0.4) is 0 Å². The summed E-state index contributed by atoms with van der Waals surface area (Å²) in [6.07, 6.45) is -0.436. The van der Waals surface area contributed by atoms with Crippen LogP contribution in [0.2, 0.25) is 0 Å². The van der Waals surface area contributed by atoms with E-state index in [2.05, 4.69) is 5.32 Å². The fourth-order valence-corrected chi connectivity index (χ4v) is 1.53. The monoisotopic (exact) mass is 246 g/mol. The molecule has 0 saturated carbocycles. The van der Waals surface area contributed by atoms with Gasteiger partial charge in [-0.25, -0.2) is 4.79 Å². The summed E-state index contributed by atoms with van der Waals surface area (Å²) in [7, 11) is 0. The van der Waals surface area contributed by atoms with Crippen molar-refractivity contribution in [2.24, 2.45) is 17.6 Å². The standard InChI is InChI=1S/C11H22N2O2S/c1-7(2)8(9(12)16)6-13-10(14)15-11(3,4)5/h7-8H,6H2,1-5H3,(H2,12,16)(H,13,14). The van der Waals surface area contributed by atoms with Gasteiger partial charge in [-0.05, 0) is 26.7 Å². The van der Waals surface area contributed by atoms with Crippen molar-refractivity contribution in [3.8, 4) is 0 Å². The first-order valence-corrected chi connectivity index (χ1v) is 5.80. The van der Waals surface area contributed by atoms with Gasteiger partial charge >= 0.3 is 6.09 Å². The molecule has 0 fully saturated rings. The van der Waals surface area contributed by atoms with Gasteiger partial charge in [0.05, 0.1) is 4.99 Å². The fraction of sp³-hybridized carbons (Fsp3) is 0.818. The van der Waals surface area contributed by atoms with Crippen molar-refractivity contribution in [2.75, 3.05) is 6.54 Å². The van der Waals surface area contributed by atoms with Crippen LogP contribution in [-0.4, -0.2) is 23.2 Å². The average molecular weight is 246 g/mol. The third-order valence-electron chi connectivity index (χ3n) is 2.04. The van der Waals surface area contributed by atoms with Gasteiger partial charge in [-0.2, -0.15) is 0 Å². The molecule has 16 heavy (non-hydrogen) atoms. The summed E-state index contributed by atoms with van der Waals surface area (Å²) in [5.74, 6) is 0.301. The molecule has 0 aromatic heterocycles. The van der Waals surface area contributed by atoms with E-state index in [1.54, 1.807) is 0 Å². The van der Waals surface area contributed by atoms with Crippen LogP contribution < -0.4 is 11.1 Å². The smallest absolute Gasteiger partial charge is 0.407 e. The molecule has 1 amide bonds. The molecule has 0 aromatic carbocycles. The van der Waals surface area contributed by atoms with Gasteiger partial charge in [0.2, 0.25) is 0 Å². The summed E-state index contributed by atoms with van der Waals surface area (Å²) in [5.41, 5.74) is 5.10. The molecule has 0 saturated heterocycles. The lowest BCUT2D eigenvalue weighted by Gasteiger charge is -2.23. The lowest BCUT2D eigenvalue weighted by Crippen LogP contribution is -2.40. The van der Waals surface area contributed by atoms with Gasteiger partial charge in [0.15, 0.2) is 0 Å². The molecule has 0 aliphatic carbocycles. The van der Waals surface area contributed by atoms with Crippen LogP contribution in [0, 0.1) is 11.8 Å². The van der Waals surface area contributed by atoms with E-state index in [1.165, 1.54) is 0 Å². The maximum Gasteiger partial charge on any atom is 0.407 e. The summed E-state index contributed by atoms with van der Waals surface area (Å²) in [6.45, 7) is 9.91. The molecule has 0 aliphatic rings. The lowest BCUT2D eigenvalue weighted by atomic mass is 9.96. The first-order valence-electron chi connectivity index (χ1n) is 5.39. The highest BCUT2D eigenvalue weighted by molar-refractivity contribution is 7.80. The molecule has 0 rings (SSSR count). The van der Waals surface area contributed by atoms with E-state index in [-0.39, 0.29) is 5.92 Å². The van der Waals surface area contributed by atoms with Crippen LogP contribution >= 0.6 is 12.2 Å². The molecule has 3 N–H and O–H groups in total. The SMILES string of the molecule is CC(C)C(CNC(=O)OC(C)(C)C)C(N)=S. The van der Waals surface area contributed by atoms with Crippen LogP contribution in [0.5, 0.6) is 0 Å². The largest absolute Gasteiger partial charge is 0.444 e. The molecule has 0 aromatic rings. The predicted molar refractivity (Wildman–Crippen MR) is 69.4 cm³/mol. The van der Waals surface area contributed by atoms with E-state index < -0.39 is 11.7 Å². The molecule has 0 bridgehead atoms. The first-order chi connectivity index (χ1) is 7.13. The van der Waals surface area contributed by atoms with Gasteiger partial charge in [-0.3, -0.25) is 0 Å². The van der Waals surface area contributed by atoms with Crippen LogP contribution in [0.1, 0.15) is 34.6 Å². The van der Waals surface area contributed by atoms with Crippen LogP contribution in [0.15, 0.2) is 0 Å². The third-order valence-corrected chi connectivity index (χ3v) is 2.34. The minimum absolute atomic E-state index is 0.00233. The predicted octanol–water partition coefficient (Wildman–Crippen LogP) is 2.07. The Morgan fingerprint density at radius 1 is 1.44 bits per heavy atom.